The van der Waals surface area contributed by atoms with Gasteiger partial charge in [0.25, 0.3) is 5.56 Å². The molecular formula is C20H21N3O2S. The van der Waals surface area contributed by atoms with Crippen molar-refractivity contribution in [2.24, 2.45) is 0 Å². The van der Waals surface area contributed by atoms with Gasteiger partial charge in [-0.25, -0.2) is 4.98 Å². The SMILES string of the molecule is CC(Sc1nc(C(C)C)cc(=O)[nH]1)C(=O)Nc1cccc2ccccc12. The van der Waals surface area contributed by atoms with E-state index in [0.717, 1.165) is 22.2 Å². The van der Waals surface area contributed by atoms with Crippen molar-refractivity contribution >= 4 is 34.1 Å². The van der Waals surface area contributed by atoms with Gasteiger partial charge in [0, 0.05) is 17.1 Å². The standard InChI is InChI=1S/C20H21N3O2S/c1-12(2)17-11-18(24)23-20(22-17)26-13(3)19(25)21-16-10-6-8-14-7-4-5-9-15(14)16/h4-13H,1-3H3,(H,21,25)(H,22,23,24). The van der Waals surface area contributed by atoms with Crippen LogP contribution in [0.3, 0.4) is 0 Å². The fraction of sp³-hybridized carbons (Fsp3) is 0.250. The molecule has 0 radical (unpaired) electrons. The molecule has 0 spiro atoms. The molecule has 5 nitrogen and oxygen atoms in total. The van der Waals surface area contributed by atoms with Gasteiger partial charge in [0.15, 0.2) is 5.16 Å². The molecule has 2 N–H and O–H groups in total. The Morgan fingerprint density at radius 2 is 1.85 bits per heavy atom. The summed E-state index contributed by atoms with van der Waals surface area (Å²) in [6.45, 7) is 5.76. The Morgan fingerprint density at radius 3 is 2.62 bits per heavy atom. The van der Waals surface area contributed by atoms with Gasteiger partial charge in [-0.3, -0.25) is 9.59 Å². The summed E-state index contributed by atoms with van der Waals surface area (Å²) < 4.78 is 0. The molecule has 0 aliphatic rings. The van der Waals surface area contributed by atoms with Crippen molar-refractivity contribution < 1.29 is 4.79 Å². The predicted molar refractivity (Wildman–Crippen MR) is 107 cm³/mol. The Labute approximate surface area is 156 Å². The molecule has 2 aromatic carbocycles. The first kappa shape index (κ1) is 18.2. The summed E-state index contributed by atoms with van der Waals surface area (Å²) in [7, 11) is 0. The van der Waals surface area contributed by atoms with Gasteiger partial charge in [-0.05, 0) is 24.3 Å². The van der Waals surface area contributed by atoms with Crippen LogP contribution in [0.5, 0.6) is 0 Å². The Morgan fingerprint density at radius 1 is 1.12 bits per heavy atom. The maximum absolute atomic E-state index is 12.6. The van der Waals surface area contributed by atoms with E-state index in [1.165, 1.54) is 17.8 Å². The molecule has 1 unspecified atom stereocenters. The maximum Gasteiger partial charge on any atom is 0.251 e. The summed E-state index contributed by atoms with van der Waals surface area (Å²) in [5, 5.41) is 5.10. The third kappa shape index (κ3) is 4.14. The van der Waals surface area contributed by atoms with Gasteiger partial charge >= 0.3 is 0 Å². The first-order valence-corrected chi connectivity index (χ1v) is 9.38. The number of amides is 1. The number of nitrogens with zero attached hydrogens (tertiary/aromatic N) is 1. The van der Waals surface area contributed by atoms with E-state index in [2.05, 4.69) is 15.3 Å². The molecule has 1 amide bonds. The van der Waals surface area contributed by atoms with E-state index in [4.69, 9.17) is 0 Å². The molecule has 0 saturated heterocycles. The number of thioether (sulfide) groups is 1. The average molecular weight is 367 g/mol. The van der Waals surface area contributed by atoms with Crippen LogP contribution in [0.4, 0.5) is 5.69 Å². The van der Waals surface area contributed by atoms with E-state index in [9.17, 15) is 9.59 Å². The summed E-state index contributed by atoms with van der Waals surface area (Å²) in [6, 6.07) is 15.2. The zero-order valence-corrected chi connectivity index (χ0v) is 15.8. The Kier molecular flexibility index (Phi) is 5.42. The van der Waals surface area contributed by atoms with Crippen LogP contribution in [-0.4, -0.2) is 21.1 Å². The number of carbonyl (C=O) groups excluding carboxylic acids is 1. The van der Waals surface area contributed by atoms with Crippen LogP contribution in [-0.2, 0) is 4.79 Å². The second kappa shape index (κ2) is 7.74. The molecule has 0 saturated carbocycles. The number of hydrogen-bond donors (Lipinski definition) is 2. The largest absolute Gasteiger partial charge is 0.325 e. The Balaban J connectivity index is 1.77. The van der Waals surface area contributed by atoms with Crippen molar-refractivity contribution in [2.45, 2.75) is 37.1 Å². The van der Waals surface area contributed by atoms with Crippen molar-refractivity contribution in [1.82, 2.24) is 9.97 Å². The van der Waals surface area contributed by atoms with Crippen molar-refractivity contribution in [3.05, 3.63) is 64.6 Å². The summed E-state index contributed by atoms with van der Waals surface area (Å²) in [6.07, 6.45) is 0. The van der Waals surface area contributed by atoms with Crippen LogP contribution in [0.25, 0.3) is 10.8 Å². The lowest BCUT2D eigenvalue weighted by Gasteiger charge is -2.14. The lowest BCUT2D eigenvalue weighted by molar-refractivity contribution is -0.115. The molecule has 3 rings (SSSR count). The maximum atomic E-state index is 12.6. The van der Waals surface area contributed by atoms with Crippen LogP contribution in [0.1, 0.15) is 32.4 Å². The van der Waals surface area contributed by atoms with Gasteiger partial charge in [0.05, 0.1) is 10.9 Å². The average Bonchev–Trinajstić information content (AvgIpc) is 2.61. The highest BCUT2D eigenvalue weighted by Crippen LogP contribution is 2.25. The molecular weight excluding hydrogens is 346 g/mol. The molecule has 6 heteroatoms. The minimum absolute atomic E-state index is 0.135. The van der Waals surface area contributed by atoms with E-state index < -0.39 is 5.25 Å². The molecule has 3 aromatic rings. The van der Waals surface area contributed by atoms with E-state index in [1.807, 2.05) is 56.3 Å². The number of anilines is 1. The van der Waals surface area contributed by atoms with Gasteiger partial charge in [-0.1, -0.05) is 62.0 Å². The molecule has 1 heterocycles. The van der Waals surface area contributed by atoms with E-state index in [0.29, 0.717) is 5.16 Å². The van der Waals surface area contributed by atoms with E-state index in [1.54, 1.807) is 6.92 Å². The highest BCUT2D eigenvalue weighted by atomic mass is 32.2. The zero-order valence-electron chi connectivity index (χ0n) is 14.9. The number of rotatable bonds is 5. The molecule has 0 aliphatic heterocycles. The minimum Gasteiger partial charge on any atom is -0.325 e. The molecule has 0 aliphatic carbocycles. The number of fused-ring (bicyclic) bond motifs is 1. The van der Waals surface area contributed by atoms with Gasteiger partial charge < -0.3 is 10.3 Å². The summed E-state index contributed by atoms with van der Waals surface area (Å²) in [5.74, 6) is 0.0143. The topological polar surface area (TPSA) is 74.8 Å². The van der Waals surface area contributed by atoms with E-state index in [-0.39, 0.29) is 17.4 Å². The third-order valence-electron chi connectivity index (χ3n) is 4.04. The molecule has 0 fully saturated rings. The van der Waals surface area contributed by atoms with Crippen molar-refractivity contribution in [1.29, 1.82) is 0 Å². The second-order valence-electron chi connectivity index (χ2n) is 6.41. The molecule has 1 atom stereocenters. The smallest absolute Gasteiger partial charge is 0.251 e. The number of carbonyl (C=O) groups is 1. The molecule has 0 bridgehead atoms. The number of H-pyrrole nitrogens is 1. The Hall–Kier alpha value is -2.60. The summed E-state index contributed by atoms with van der Waals surface area (Å²) >= 11 is 1.24. The first-order valence-electron chi connectivity index (χ1n) is 8.50. The van der Waals surface area contributed by atoms with Crippen LogP contribution < -0.4 is 10.9 Å². The minimum atomic E-state index is -0.403. The first-order chi connectivity index (χ1) is 12.4. The van der Waals surface area contributed by atoms with Crippen LogP contribution in [0, 0.1) is 0 Å². The monoisotopic (exact) mass is 367 g/mol. The molecule has 134 valence electrons. The zero-order chi connectivity index (χ0) is 18.7. The van der Waals surface area contributed by atoms with Crippen molar-refractivity contribution in [3.8, 4) is 0 Å². The van der Waals surface area contributed by atoms with Crippen LogP contribution in [0.15, 0.2) is 58.5 Å². The highest BCUT2D eigenvalue weighted by Gasteiger charge is 2.17. The molecule has 26 heavy (non-hydrogen) atoms. The van der Waals surface area contributed by atoms with Crippen LogP contribution in [0.2, 0.25) is 0 Å². The Bertz CT molecular complexity index is 992. The van der Waals surface area contributed by atoms with E-state index >= 15 is 0 Å². The second-order valence-corrected chi connectivity index (χ2v) is 7.74. The number of benzene rings is 2. The summed E-state index contributed by atoms with van der Waals surface area (Å²) in [4.78, 5) is 31.5. The predicted octanol–water partition coefficient (Wildman–Crippen LogP) is 4.17. The van der Waals surface area contributed by atoms with Crippen molar-refractivity contribution in [2.75, 3.05) is 5.32 Å². The van der Waals surface area contributed by atoms with Crippen LogP contribution >= 0.6 is 11.8 Å². The van der Waals surface area contributed by atoms with Crippen molar-refractivity contribution in [3.63, 3.8) is 0 Å². The van der Waals surface area contributed by atoms with Gasteiger partial charge in [0.2, 0.25) is 5.91 Å². The quantitative estimate of drug-likeness (QED) is 0.524. The normalized spacial score (nSPS) is 12.3. The van der Waals surface area contributed by atoms with Gasteiger partial charge in [0.1, 0.15) is 0 Å². The number of aromatic amines is 1. The van der Waals surface area contributed by atoms with Gasteiger partial charge in [-0.15, -0.1) is 0 Å². The number of aromatic nitrogens is 2. The summed E-state index contributed by atoms with van der Waals surface area (Å²) in [5.41, 5.74) is 1.30. The lowest BCUT2D eigenvalue weighted by atomic mass is 10.1. The number of nitrogens with one attached hydrogen (secondary N) is 2. The fourth-order valence-corrected chi connectivity index (χ4v) is 3.41. The highest BCUT2D eigenvalue weighted by molar-refractivity contribution is 8.00. The van der Waals surface area contributed by atoms with Gasteiger partial charge in [-0.2, -0.15) is 0 Å². The fourth-order valence-electron chi connectivity index (χ4n) is 2.59. The molecule has 1 aromatic heterocycles. The third-order valence-corrected chi connectivity index (χ3v) is 5.02. The lowest BCUT2D eigenvalue weighted by Crippen LogP contribution is -2.23. The number of hydrogen-bond acceptors (Lipinski definition) is 4.